The third kappa shape index (κ3) is 3.07. The maximum absolute atomic E-state index is 13.0. The van der Waals surface area contributed by atoms with Crippen LogP contribution in [0.3, 0.4) is 0 Å². The molecule has 0 unspecified atom stereocenters. The molecular formula is C14H18FNO2. The van der Waals surface area contributed by atoms with Gasteiger partial charge < -0.3 is 5.11 Å². The van der Waals surface area contributed by atoms with Crippen LogP contribution in [0.4, 0.5) is 4.39 Å². The largest absolute Gasteiger partial charge is 0.481 e. The number of aliphatic carboxylic acids is 1. The minimum atomic E-state index is -0.687. The van der Waals surface area contributed by atoms with Crippen LogP contribution in [-0.4, -0.2) is 29.1 Å². The van der Waals surface area contributed by atoms with Crippen molar-refractivity contribution in [3.63, 3.8) is 0 Å². The number of piperidine rings is 1. The van der Waals surface area contributed by atoms with Crippen LogP contribution in [-0.2, 0) is 11.3 Å². The van der Waals surface area contributed by atoms with E-state index in [0.717, 1.165) is 30.8 Å². The van der Waals surface area contributed by atoms with Gasteiger partial charge in [0.2, 0.25) is 0 Å². The normalized spacial score (nSPS) is 17.9. The first kappa shape index (κ1) is 13.0. The van der Waals surface area contributed by atoms with Gasteiger partial charge in [-0.3, -0.25) is 9.69 Å². The maximum Gasteiger partial charge on any atom is 0.306 e. The summed E-state index contributed by atoms with van der Waals surface area (Å²) in [4.78, 5) is 13.1. The first-order valence-electron chi connectivity index (χ1n) is 6.26. The van der Waals surface area contributed by atoms with Crippen molar-refractivity contribution in [3.05, 3.63) is 35.1 Å². The van der Waals surface area contributed by atoms with Gasteiger partial charge in [-0.2, -0.15) is 0 Å². The van der Waals surface area contributed by atoms with Crippen LogP contribution >= 0.6 is 0 Å². The molecule has 0 bridgehead atoms. The number of carboxylic acids is 1. The van der Waals surface area contributed by atoms with E-state index >= 15 is 0 Å². The molecule has 0 radical (unpaired) electrons. The minimum absolute atomic E-state index is 0.199. The van der Waals surface area contributed by atoms with Gasteiger partial charge in [-0.25, -0.2) is 4.39 Å². The fourth-order valence-corrected chi connectivity index (χ4v) is 2.42. The smallest absolute Gasteiger partial charge is 0.306 e. The first-order valence-corrected chi connectivity index (χ1v) is 6.26. The van der Waals surface area contributed by atoms with Crippen LogP contribution in [0.1, 0.15) is 24.0 Å². The lowest BCUT2D eigenvalue weighted by Gasteiger charge is -2.30. The Kier molecular flexibility index (Phi) is 3.97. The Labute approximate surface area is 106 Å². The van der Waals surface area contributed by atoms with Gasteiger partial charge >= 0.3 is 5.97 Å². The number of nitrogens with zero attached hydrogens (tertiary/aromatic N) is 1. The molecule has 1 fully saturated rings. The van der Waals surface area contributed by atoms with Crippen molar-refractivity contribution < 1.29 is 14.3 Å². The fourth-order valence-electron chi connectivity index (χ4n) is 2.42. The number of carboxylic acid groups (broad SMARTS) is 1. The molecule has 1 heterocycles. The zero-order valence-electron chi connectivity index (χ0n) is 10.5. The highest BCUT2D eigenvalue weighted by Gasteiger charge is 2.24. The lowest BCUT2D eigenvalue weighted by atomic mass is 9.96. The quantitative estimate of drug-likeness (QED) is 0.897. The Morgan fingerprint density at radius 3 is 2.67 bits per heavy atom. The van der Waals surface area contributed by atoms with Gasteiger partial charge in [0.1, 0.15) is 5.82 Å². The number of hydrogen-bond acceptors (Lipinski definition) is 2. The number of halogens is 1. The van der Waals surface area contributed by atoms with Gasteiger partial charge in [-0.1, -0.05) is 6.07 Å². The van der Waals surface area contributed by atoms with Crippen molar-refractivity contribution in [2.45, 2.75) is 26.3 Å². The van der Waals surface area contributed by atoms with Crippen LogP contribution in [0, 0.1) is 18.7 Å². The monoisotopic (exact) mass is 251 g/mol. The summed E-state index contributed by atoms with van der Waals surface area (Å²) in [5.41, 5.74) is 2.07. The van der Waals surface area contributed by atoms with Crippen molar-refractivity contribution in [1.82, 2.24) is 4.90 Å². The second-order valence-corrected chi connectivity index (χ2v) is 4.96. The molecule has 1 saturated heterocycles. The summed E-state index contributed by atoms with van der Waals surface area (Å²) >= 11 is 0. The Morgan fingerprint density at radius 2 is 2.11 bits per heavy atom. The number of likely N-dealkylation sites (tertiary alicyclic amines) is 1. The predicted octanol–water partition coefficient (Wildman–Crippen LogP) is 2.43. The summed E-state index contributed by atoms with van der Waals surface area (Å²) in [6, 6.07) is 4.83. The standard InChI is InChI=1S/C14H18FNO2/c1-10-8-13(15)3-2-12(10)9-16-6-4-11(5-7-16)14(17)18/h2-3,8,11H,4-7,9H2,1H3,(H,17,18). The Balaban J connectivity index is 1.93. The molecule has 0 amide bonds. The predicted molar refractivity (Wildman–Crippen MR) is 66.8 cm³/mol. The molecule has 0 aliphatic carbocycles. The van der Waals surface area contributed by atoms with E-state index in [1.54, 1.807) is 6.07 Å². The van der Waals surface area contributed by atoms with E-state index < -0.39 is 5.97 Å². The average molecular weight is 251 g/mol. The lowest BCUT2D eigenvalue weighted by molar-refractivity contribution is -0.143. The Morgan fingerprint density at radius 1 is 1.44 bits per heavy atom. The van der Waals surface area contributed by atoms with Crippen LogP contribution < -0.4 is 0 Å². The SMILES string of the molecule is Cc1cc(F)ccc1CN1CCC(C(=O)O)CC1. The number of hydrogen-bond donors (Lipinski definition) is 1. The third-order valence-corrected chi connectivity index (χ3v) is 3.64. The number of benzene rings is 1. The summed E-state index contributed by atoms with van der Waals surface area (Å²) in [6.07, 6.45) is 1.41. The molecular weight excluding hydrogens is 233 g/mol. The number of aryl methyl sites for hydroxylation is 1. The zero-order valence-corrected chi connectivity index (χ0v) is 10.5. The van der Waals surface area contributed by atoms with Gasteiger partial charge in [-0.05, 0) is 56.1 Å². The molecule has 2 rings (SSSR count). The third-order valence-electron chi connectivity index (χ3n) is 3.64. The van der Waals surface area contributed by atoms with Crippen LogP contribution in [0.5, 0.6) is 0 Å². The van der Waals surface area contributed by atoms with Crippen molar-refractivity contribution >= 4 is 5.97 Å². The zero-order chi connectivity index (χ0) is 13.1. The summed E-state index contributed by atoms with van der Waals surface area (Å²) in [5, 5.41) is 8.93. The van der Waals surface area contributed by atoms with Crippen LogP contribution in [0.2, 0.25) is 0 Å². The van der Waals surface area contributed by atoms with Crippen molar-refractivity contribution in [3.8, 4) is 0 Å². The van der Waals surface area contributed by atoms with E-state index in [0.29, 0.717) is 12.8 Å². The number of carbonyl (C=O) groups is 1. The molecule has 1 N–H and O–H groups in total. The molecule has 18 heavy (non-hydrogen) atoms. The minimum Gasteiger partial charge on any atom is -0.481 e. The van der Waals surface area contributed by atoms with Crippen molar-refractivity contribution in [2.24, 2.45) is 5.92 Å². The molecule has 0 spiro atoms. The van der Waals surface area contributed by atoms with Gasteiger partial charge in [0.15, 0.2) is 0 Å². The lowest BCUT2D eigenvalue weighted by Crippen LogP contribution is -2.35. The summed E-state index contributed by atoms with van der Waals surface area (Å²) < 4.78 is 13.0. The van der Waals surface area contributed by atoms with Crippen LogP contribution in [0.15, 0.2) is 18.2 Å². The molecule has 3 nitrogen and oxygen atoms in total. The summed E-state index contributed by atoms with van der Waals surface area (Å²) in [7, 11) is 0. The van der Waals surface area contributed by atoms with Crippen molar-refractivity contribution in [1.29, 1.82) is 0 Å². The molecule has 0 atom stereocenters. The van der Waals surface area contributed by atoms with Crippen LogP contribution in [0.25, 0.3) is 0 Å². The molecule has 0 saturated carbocycles. The topological polar surface area (TPSA) is 40.5 Å². The molecule has 1 aromatic rings. The second kappa shape index (κ2) is 5.48. The molecule has 1 aliphatic rings. The Hall–Kier alpha value is -1.42. The number of rotatable bonds is 3. The highest BCUT2D eigenvalue weighted by atomic mass is 19.1. The van der Waals surface area contributed by atoms with E-state index in [4.69, 9.17) is 5.11 Å². The highest BCUT2D eigenvalue weighted by Crippen LogP contribution is 2.20. The van der Waals surface area contributed by atoms with E-state index in [9.17, 15) is 9.18 Å². The summed E-state index contributed by atoms with van der Waals surface area (Å²) in [5.74, 6) is -1.09. The Bertz CT molecular complexity index is 439. The molecule has 4 heteroatoms. The van der Waals surface area contributed by atoms with Gasteiger partial charge in [0.25, 0.3) is 0 Å². The summed E-state index contributed by atoms with van der Waals surface area (Å²) in [6.45, 7) is 4.28. The highest BCUT2D eigenvalue weighted by molar-refractivity contribution is 5.70. The van der Waals surface area contributed by atoms with E-state index in [-0.39, 0.29) is 11.7 Å². The molecule has 1 aliphatic heterocycles. The average Bonchev–Trinajstić information content (AvgIpc) is 2.33. The van der Waals surface area contributed by atoms with E-state index in [2.05, 4.69) is 4.90 Å². The van der Waals surface area contributed by atoms with Gasteiger partial charge in [0, 0.05) is 6.54 Å². The molecule has 0 aromatic heterocycles. The maximum atomic E-state index is 13.0. The molecule has 98 valence electrons. The van der Waals surface area contributed by atoms with E-state index in [1.807, 2.05) is 13.0 Å². The van der Waals surface area contributed by atoms with Gasteiger partial charge in [0.05, 0.1) is 5.92 Å². The second-order valence-electron chi connectivity index (χ2n) is 4.96. The molecule has 1 aromatic carbocycles. The van der Waals surface area contributed by atoms with Gasteiger partial charge in [-0.15, -0.1) is 0 Å². The van der Waals surface area contributed by atoms with E-state index in [1.165, 1.54) is 6.07 Å². The first-order chi connectivity index (χ1) is 8.56. The van der Waals surface area contributed by atoms with Crippen molar-refractivity contribution in [2.75, 3.05) is 13.1 Å². The fraction of sp³-hybridized carbons (Fsp3) is 0.500.